The van der Waals surface area contributed by atoms with Crippen LogP contribution in [0.1, 0.15) is 39.1 Å². The number of nitrogens with zero attached hydrogens (tertiary/aromatic N) is 1. The molecule has 1 aromatic rings. The number of thiophene rings is 1. The number of piperidine rings is 1. The monoisotopic (exact) mass is 283 g/mol. The number of hydrogen-bond donors (Lipinski definition) is 1. The molecule has 1 unspecified atom stereocenters. The van der Waals surface area contributed by atoms with Crippen LogP contribution in [-0.4, -0.2) is 47.7 Å². The number of carboxylic acid groups (broad SMARTS) is 1. The van der Waals surface area contributed by atoms with Crippen LogP contribution in [-0.2, 0) is 4.74 Å². The number of carboxylic acids is 1. The second kappa shape index (κ2) is 5.30. The first-order chi connectivity index (χ1) is 8.95. The number of hydrogen-bond acceptors (Lipinski definition) is 4. The first-order valence-corrected chi connectivity index (χ1v) is 6.94. The highest BCUT2D eigenvalue weighted by Crippen LogP contribution is 2.26. The van der Waals surface area contributed by atoms with Gasteiger partial charge < -0.3 is 14.7 Å². The fourth-order valence-corrected chi connectivity index (χ4v) is 3.08. The molecule has 0 bridgehead atoms. The van der Waals surface area contributed by atoms with Crippen molar-refractivity contribution in [3.63, 3.8) is 0 Å². The number of likely N-dealkylation sites (tertiary alicyclic amines) is 1. The summed E-state index contributed by atoms with van der Waals surface area (Å²) in [5.41, 5.74) is -0.305. The van der Waals surface area contributed by atoms with Gasteiger partial charge in [0.05, 0.1) is 10.5 Å². The third kappa shape index (κ3) is 2.96. The first-order valence-electron chi connectivity index (χ1n) is 6.13. The molecule has 1 aliphatic rings. The zero-order valence-electron chi connectivity index (χ0n) is 11.0. The predicted molar refractivity (Wildman–Crippen MR) is 71.8 cm³/mol. The number of carbonyl (C=O) groups excluding carboxylic acids is 1. The molecule has 19 heavy (non-hydrogen) atoms. The number of ether oxygens (including phenoxy) is 1. The van der Waals surface area contributed by atoms with Crippen LogP contribution in [0.2, 0.25) is 0 Å². The van der Waals surface area contributed by atoms with E-state index in [1.807, 2.05) is 6.92 Å². The van der Waals surface area contributed by atoms with Gasteiger partial charge >= 0.3 is 5.97 Å². The van der Waals surface area contributed by atoms with E-state index in [2.05, 4.69) is 0 Å². The molecule has 0 radical (unpaired) electrons. The minimum Gasteiger partial charge on any atom is -0.477 e. The summed E-state index contributed by atoms with van der Waals surface area (Å²) in [6.45, 7) is 3.23. The summed E-state index contributed by atoms with van der Waals surface area (Å²) >= 11 is 1.02. The van der Waals surface area contributed by atoms with Crippen molar-refractivity contribution in [3.8, 4) is 0 Å². The van der Waals surface area contributed by atoms with Crippen LogP contribution in [0, 0.1) is 0 Å². The largest absolute Gasteiger partial charge is 0.477 e. The Morgan fingerprint density at radius 2 is 2.11 bits per heavy atom. The molecule has 0 aromatic carbocycles. The van der Waals surface area contributed by atoms with E-state index in [4.69, 9.17) is 9.84 Å². The Balaban J connectivity index is 2.12. The molecule has 1 atom stereocenters. The molecule has 2 rings (SSSR count). The summed E-state index contributed by atoms with van der Waals surface area (Å²) in [6, 6.07) is 3.05. The molecule has 1 saturated heterocycles. The summed E-state index contributed by atoms with van der Waals surface area (Å²) in [6.07, 6.45) is 1.82. The van der Waals surface area contributed by atoms with E-state index < -0.39 is 5.97 Å². The second-order valence-corrected chi connectivity index (χ2v) is 6.04. The molecule has 1 N–H and O–H groups in total. The molecular weight excluding hydrogens is 266 g/mol. The number of carbonyl (C=O) groups is 2. The molecule has 0 aliphatic carbocycles. The predicted octanol–water partition coefficient (Wildman–Crippen LogP) is 2.09. The molecule has 1 aromatic heterocycles. The van der Waals surface area contributed by atoms with Crippen molar-refractivity contribution in [2.45, 2.75) is 25.4 Å². The van der Waals surface area contributed by atoms with Gasteiger partial charge in [-0.05, 0) is 31.9 Å². The van der Waals surface area contributed by atoms with E-state index >= 15 is 0 Å². The third-order valence-electron chi connectivity index (χ3n) is 3.47. The van der Waals surface area contributed by atoms with Gasteiger partial charge in [-0.15, -0.1) is 11.3 Å². The minimum absolute atomic E-state index is 0.111. The standard InChI is InChI=1S/C13H17NO4S/c1-13(18-2)6-3-7-14(8-13)11(15)9-4-5-10(19-9)12(16)17/h4-5H,3,6-8H2,1-2H3,(H,16,17). The highest BCUT2D eigenvalue weighted by atomic mass is 32.1. The molecule has 2 heterocycles. The number of methoxy groups -OCH3 is 1. The lowest BCUT2D eigenvalue weighted by atomic mass is 9.94. The summed E-state index contributed by atoms with van der Waals surface area (Å²) < 4.78 is 5.45. The molecule has 6 heteroatoms. The van der Waals surface area contributed by atoms with Gasteiger partial charge in [0.15, 0.2) is 0 Å². The lowest BCUT2D eigenvalue weighted by Gasteiger charge is -2.39. The highest BCUT2D eigenvalue weighted by molar-refractivity contribution is 7.15. The average Bonchev–Trinajstić information content (AvgIpc) is 2.87. The molecule has 5 nitrogen and oxygen atoms in total. The van der Waals surface area contributed by atoms with E-state index in [9.17, 15) is 9.59 Å². The van der Waals surface area contributed by atoms with E-state index in [1.54, 1.807) is 18.1 Å². The maximum absolute atomic E-state index is 12.3. The third-order valence-corrected chi connectivity index (χ3v) is 4.53. The van der Waals surface area contributed by atoms with Gasteiger partial charge in [-0.2, -0.15) is 0 Å². The molecule has 0 spiro atoms. The molecule has 1 amide bonds. The van der Waals surface area contributed by atoms with E-state index in [0.29, 0.717) is 18.0 Å². The molecular formula is C13H17NO4S. The van der Waals surface area contributed by atoms with E-state index in [1.165, 1.54) is 6.07 Å². The van der Waals surface area contributed by atoms with Crippen LogP contribution < -0.4 is 0 Å². The van der Waals surface area contributed by atoms with Crippen molar-refractivity contribution in [2.75, 3.05) is 20.2 Å². The van der Waals surface area contributed by atoms with Crippen molar-refractivity contribution in [1.82, 2.24) is 4.90 Å². The van der Waals surface area contributed by atoms with Gasteiger partial charge in [-0.1, -0.05) is 0 Å². The average molecular weight is 283 g/mol. The Morgan fingerprint density at radius 3 is 2.68 bits per heavy atom. The van der Waals surface area contributed by atoms with Crippen LogP contribution in [0.5, 0.6) is 0 Å². The smallest absolute Gasteiger partial charge is 0.345 e. The molecule has 0 saturated carbocycles. The van der Waals surface area contributed by atoms with Gasteiger partial charge in [0, 0.05) is 20.2 Å². The number of amides is 1. The maximum Gasteiger partial charge on any atom is 0.345 e. The Labute approximate surface area is 115 Å². The topological polar surface area (TPSA) is 66.8 Å². The van der Waals surface area contributed by atoms with Crippen LogP contribution in [0.4, 0.5) is 0 Å². The van der Waals surface area contributed by atoms with Crippen LogP contribution >= 0.6 is 11.3 Å². The van der Waals surface area contributed by atoms with E-state index in [0.717, 1.165) is 24.2 Å². The summed E-state index contributed by atoms with van der Waals surface area (Å²) in [5.74, 6) is -1.11. The Morgan fingerprint density at radius 1 is 1.42 bits per heavy atom. The van der Waals surface area contributed by atoms with Gasteiger partial charge in [0.1, 0.15) is 4.88 Å². The second-order valence-electron chi connectivity index (χ2n) is 4.95. The molecule has 1 aliphatic heterocycles. The lowest BCUT2D eigenvalue weighted by Crippen LogP contribution is -2.49. The Kier molecular flexibility index (Phi) is 3.91. The fourth-order valence-electron chi connectivity index (χ4n) is 2.27. The maximum atomic E-state index is 12.3. The summed E-state index contributed by atoms with van der Waals surface area (Å²) in [4.78, 5) is 25.6. The van der Waals surface area contributed by atoms with Crippen molar-refractivity contribution >= 4 is 23.2 Å². The van der Waals surface area contributed by atoms with Gasteiger partial charge in [-0.3, -0.25) is 4.79 Å². The van der Waals surface area contributed by atoms with Crippen molar-refractivity contribution in [3.05, 3.63) is 21.9 Å². The van der Waals surface area contributed by atoms with Gasteiger partial charge in [-0.25, -0.2) is 4.79 Å². The van der Waals surface area contributed by atoms with Gasteiger partial charge in [0.25, 0.3) is 5.91 Å². The first kappa shape index (κ1) is 14.0. The van der Waals surface area contributed by atoms with Crippen LogP contribution in [0.3, 0.4) is 0 Å². The normalized spacial score (nSPS) is 23.4. The lowest BCUT2D eigenvalue weighted by molar-refractivity contribution is -0.0439. The molecule has 104 valence electrons. The van der Waals surface area contributed by atoms with Crippen LogP contribution in [0.15, 0.2) is 12.1 Å². The fraction of sp³-hybridized carbons (Fsp3) is 0.538. The van der Waals surface area contributed by atoms with Crippen LogP contribution in [0.25, 0.3) is 0 Å². The summed E-state index contributed by atoms with van der Waals surface area (Å²) in [7, 11) is 1.65. The van der Waals surface area contributed by atoms with Gasteiger partial charge in [0.2, 0.25) is 0 Å². The molecule has 1 fully saturated rings. The quantitative estimate of drug-likeness (QED) is 0.922. The number of rotatable bonds is 3. The Bertz CT molecular complexity index is 499. The number of aromatic carboxylic acids is 1. The highest BCUT2D eigenvalue weighted by Gasteiger charge is 2.33. The minimum atomic E-state index is -0.996. The van der Waals surface area contributed by atoms with Crippen molar-refractivity contribution in [2.24, 2.45) is 0 Å². The van der Waals surface area contributed by atoms with Crippen molar-refractivity contribution < 1.29 is 19.4 Å². The zero-order chi connectivity index (χ0) is 14.0. The zero-order valence-corrected chi connectivity index (χ0v) is 11.8. The van der Waals surface area contributed by atoms with E-state index in [-0.39, 0.29) is 16.4 Å². The summed E-state index contributed by atoms with van der Waals surface area (Å²) in [5, 5.41) is 8.88. The SMILES string of the molecule is COC1(C)CCCN(C(=O)c2ccc(C(=O)O)s2)C1. The van der Waals surface area contributed by atoms with Crippen molar-refractivity contribution in [1.29, 1.82) is 0 Å². The Hall–Kier alpha value is -1.40.